The maximum absolute atomic E-state index is 7.08. The number of rotatable bonds is 6. The Labute approximate surface area is 171 Å². The van der Waals surface area contributed by atoms with Crippen LogP contribution in [0, 0.1) is 5.92 Å². The fourth-order valence-corrected chi connectivity index (χ4v) is 8.89. The quantitative estimate of drug-likeness (QED) is 0.640. The molecule has 0 aromatic heterocycles. The number of benzene rings is 2. The minimum Gasteiger partial charge on any atom is -0.501 e. The number of methoxy groups -OCH3 is 1. The lowest BCUT2D eigenvalue weighted by atomic mass is 9.94. The maximum atomic E-state index is 7.08. The average Bonchev–Trinajstić information content (AvgIpc) is 2.69. The van der Waals surface area contributed by atoms with E-state index in [1.807, 2.05) is 0 Å². The lowest BCUT2D eigenvalue weighted by Crippen LogP contribution is -2.67. The smallest absolute Gasteiger partial charge is 0.261 e. The second-order valence-corrected chi connectivity index (χ2v) is 13.0. The molecule has 1 atom stereocenters. The molecule has 3 heteroatoms. The Hall–Kier alpha value is -2.10. The molecular formula is C25H32O2Si. The van der Waals surface area contributed by atoms with E-state index in [0.29, 0.717) is 6.61 Å². The first kappa shape index (κ1) is 20.6. The third kappa shape index (κ3) is 4.01. The molecule has 0 saturated carbocycles. The number of hydrogen-bond donors (Lipinski definition) is 0. The number of ether oxygens (including phenoxy) is 1. The van der Waals surface area contributed by atoms with Crippen LogP contribution in [-0.2, 0) is 9.16 Å². The van der Waals surface area contributed by atoms with Crippen LogP contribution in [0.15, 0.2) is 84.1 Å². The second-order valence-electron chi connectivity index (χ2n) is 8.66. The average molecular weight is 393 g/mol. The molecule has 2 nitrogen and oxygen atoms in total. The summed E-state index contributed by atoms with van der Waals surface area (Å²) in [5.74, 6) is 1.28. The minimum atomic E-state index is -2.50. The summed E-state index contributed by atoms with van der Waals surface area (Å²) in [6.07, 6.45) is 5.23. The van der Waals surface area contributed by atoms with Gasteiger partial charge in [-0.05, 0) is 34.8 Å². The summed E-state index contributed by atoms with van der Waals surface area (Å²) < 4.78 is 12.7. The van der Waals surface area contributed by atoms with Crippen molar-refractivity contribution in [2.45, 2.75) is 39.2 Å². The largest absolute Gasteiger partial charge is 0.501 e. The van der Waals surface area contributed by atoms with Gasteiger partial charge < -0.3 is 9.16 Å². The van der Waals surface area contributed by atoms with E-state index in [2.05, 4.69) is 101 Å². The van der Waals surface area contributed by atoms with Crippen LogP contribution in [0.25, 0.3) is 0 Å². The molecule has 1 unspecified atom stereocenters. The van der Waals surface area contributed by atoms with Crippen molar-refractivity contribution in [1.82, 2.24) is 0 Å². The predicted octanol–water partition coefficient (Wildman–Crippen LogP) is 5.06. The first-order chi connectivity index (χ1) is 13.4. The summed E-state index contributed by atoms with van der Waals surface area (Å²) in [7, 11) is -0.740. The van der Waals surface area contributed by atoms with Gasteiger partial charge in [0.1, 0.15) is 5.76 Å². The van der Waals surface area contributed by atoms with E-state index in [4.69, 9.17) is 9.16 Å². The van der Waals surface area contributed by atoms with Crippen LogP contribution in [0.3, 0.4) is 0 Å². The van der Waals surface area contributed by atoms with Crippen molar-refractivity contribution in [3.63, 3.8) is 0 Å². The molecule has 0 bridgehead atoms. The van der Waals surface area contributed by atoms with Gasteiger partial charge in [-0.1, -0.05) is 93.1 Å². The molecule has 0 saturated heterocycles. The van der Waals surface area contributed by atoms with E-state index in [9.17, 15) is 0 Å². The van der Waals surface area contributed by atoms with Crippen LogP contribution >= 0.6 is 0 Å². The SMILES string of the molecule is COC1=CC=C(C)CC1CO[Si](c1ccccc1)(c1ccccc1)C(C)(C)C. The molecule has 0 heterocycles. The van der Waals surface area contributed by atoms with Crippen molar-refractivity contribution in [2.24, 2.45) is 5.92 Å². The van der Waals surface area contributed by atoms with Crippen LogP contribution in [0.4, 0.5) is 0 Å². The van der Waals surface area contributed by atoms with Gasteiger partial charge in [-0.25, -0.2) is 0 Å². The minimum absolute atomic E-state index is 0.00773. The Morgan fingerprint density at radius 1 is 0.893 bits per heavy atom. The zero-order valence-corrected chi connectivity index (χ0v) is 18.7. The fraction of sp³-hybridized carbons (Fsp3) is 0.360. The molecule has 2 aromatic carbocycles. The highest BCUT2D eigenvalue weighted by molar-refractivity contribution is 6.99. The highest BCUT2D eigenvalue weighted by Crippen LogP contribution is 2.38. The highest BCUT2D eigenvalue weighted by Gasteiger charge is 2.50. The van der Waals surface area contributed by atoms with Crippen molar-refractivity contribution in [1.29, 1.82) is 0 Å². The van der Waals surface area contributed by atoms with Crippen LogP contribution in [-0.4, -0.2) is 22.0 Å². The second kappa shape index (κ2) is 8.50. The zero-order chi connectivity index (χ0) is 20.2. The van der Waals surface area contributed by atoms with E-state index >= 15 is 0 Å². The Morgan fingerprint density at radius 3 is 1.89 bits per heavy atom. The molecule has 0 N–H and O–H groups in total. The van der Waals surface area contributed by atoms with Crippen LogP contribution in [0.2, 0.25) is 5.04 Å². The van der Waals surface area contributed by atoms with E-state index in [1.54, 1.807) is 7.11 Å². The van der Waals surface area contributed by atoms with E-state index < -0.39 is 8.32 Å². The van der Waals surface area contributed by atoms with Gasteiger partial charge >= 0.3 is 0 Å². The molecule has 2 aromatic rings. The summed E-state index contributed by atoms with van der Waals surface area (Å²) in [6.45, 7) is 9.80. The van der Waals surface area contributed by atoms with Crippen molar-refractivity contribution in [3.8, 4) is 0 Å². The molecule has 0 amide bonds. The molecule has 148 valence electrons. The van der Waals surface area contributed by atoms with Gasteiger partial charge in [-0.3, -0.25) is 0 Å². The molecule has 1 aliphatic carbocycles. The monoisotopic (exact) mass is 392 g/mol. The standard InChI is InChI=1S/C25H32O2Si/c1-20-16-17-24(26-5)21(18-20)19-27-28(25(2,3)4,22-12-8-6-9-13-22)23-14-10-7-11-15-23/h6-17,21H,18-19H2,1-5H3. The lowest BCUT2D eigenvalue weighted by molar-refractivity contribution is 0.178. The van der Waals surface area contributed by atoms with Crippen molar-refractivity contribution < 1.29 is 9.16 Å². The molecule has 0 fully saturated rings. The van der Waals surface area contributed by atoms with Gasteiger partial charge in [0.15, 0.2) is 0 Å². The Morgan fingerprint density at radius 2 is 1.43 bits per heavy atom. The van der Waals surface area contributed by atoms with E-state index in [-0.39, 0.29) is 11.0 Å². The lowest BCUT2D eigenvalue weighted by Gasteiger charge is -2.44. The highest BCUT2D eigenvalue weighted by atomic mass is 28.4. The summed E-state index contributed by atoms with van der Waals surface area (Å²) in [4.78, 5) is 0. The Balaban J connectivity index is 2.04. The predicted molar refractivity (Wildman–Crippen MR) is 121 cm³/mol. The molecule has 0 aliphatic heterocycles. The Bertz CT molecular complexity index is 792. The Kier molecular flexibility index (Phi) is 6.26. The number of allylic oxidation sites excluding steroid dienone is 3. The first-order valence-corrected chi connectivity index (χ1v) is 12.0. The summed E-state index contributed by atoms with van der Waals surface area (Å²) >= 11 is 0. The summed E-state index contributed by atoms with van der Waals surface area (Å²) in [5.41, 5.74) is 1.37. The molecular weight excluding hydrogens is 360 g/mol. The third-order valence-corrected chi connectivity index (χ3v) is 10.7. The van der Waals surface area contributed by atoms with E-state index in [1.165, 1.54) is 15.9 Å². The molecule has 1 aliphatic rings. The zero-order valence-electron chi connectivity index (χ0n) is 17.7. The van der Waals surface area contributed by atoms with Gasteiger partial charge in [-0.15, -0.1) is 0 Å². The first-order valence-electron chi connectivity index (χ1n) is 10.0. The van der Waals surface area contributed by atoms with Crippen LogP contribution in [0.5, 0.6) is 0 Å². The third-order valence-electron chi connectivity index (χ3n) is 5.66. The summed E-state index contributed by atoms with van der Waals surface area (Å²) in [5, 5.41) is 2.63. The van der Waals surface area contributed by atoms with Gasteiger partial charge in [0.2, 0.25) is 0 Å². The molecule has 0 radical (unpaired) electrons. The van der Waals surface area contributed by atoms with Crippen molar-refractivity contribution in [2.75, 3.05) is 13.7 Å². The van der Waals surface area contributed by atoms with Crippen LogP contribution in [0.1, 0.15) is 34.1 Å². The molecule has 0 spiro atoms. The van der Waals surface area contributed by atoms with Crippen molar-refractivity contribution >= 4 is 18.7 Å². The fourth-order valence-electron chi connectivity index (χ4n) is 4.28. The van der Waals surface area contributed by atoms with Gasteiger partial charge in [-0.2, -0.15) is 0 Å². The normalized spacial score (nSPS) is 17.7. The summed E-state index contributed by atoms with van der Waals surface area (Å²) in [6, 6.07) is 21.6. The van der Waals surface area contributed by atoms with Crippen molar-refractivity contribution in [3.05, 3.63) is 84.1 Å². The number of hydrogen-bond acceptors (Lipinski definition) is 2. The molecule has 28 heavy (non-hydrogen) atoms. The molecule has 3 rings (SSSR count). The van der Waals surface area contributed by atoms with Gasteiger partial charge in [0.25, 0.3) is 8.32 Å². The van der Waals surface area contributed by atoms with Crippen LogP contribution < -0.4 is 10.4 Å². The topological polar surface area (TPSA) is 18.5 Å². The van der Waals surface area contributed by atoms with E-state index in [0.717, 1.165) is 12.2 Å². The van der Waals surface area contributed by atoms with Gasteiger partial charge in [0.05, 0.1) is 7.11 Å². The van der Waals surface area contributed by atoms with Gasteiger partial charge in [0, 0.05) is 12.5 Å². The maximum Gasteiger partial charge on any atom is 0.261 e.